The molecule has 1 N–H and O–H groups in total. The zero-order valence-electron chi connectivity index (χ0n) is 9.95. The highest BCUT2D eigenvalue weighted by molar-refractivity contribution is 7.94. The number of aromatic nitrogens is 1. The summed E-state index contributed by atoms with van der Waals surface area (Å²) in [7, 11) is -4.01. The number of hydrogen-bond donors (Lipinski definition) is 1. The van der Waals surface area contributed by atoms with Crippen molar-refractivity contribution in [3.05, 3.63) is 47.7 Å². The van der Waals surface area contributed by atoms with Crippen LogP contribution in [-0.4, -0.2) is 19.4 Å². The number of halogens is 1. The van der Waals surface area contributed by atoms with Crippen LogP contribution in [0.15, 0.2) is 47.5 Å². The molecule has 102 valence electrons. The molecule has 20 heavy (non-hydrogen) atoms. The molecule has 8 heteroatoms. The summed E-state index contributed by atoms with van der Waals surface area (Å²) in [6, 6.07) is 8.29. The topological polar surface area (TPSA) is 79.4 Å². The van der Waals surface area contributed by atoms with Crippen molar-refractivity contribution in [3.63, 3.8) is 0 Å². The Kier molecular flexibility index (Phi) is 2.88. The van der Waals surface area contributed by atoms with Crippen molar-refractivity contribution in [3.8, 4) is 0 Å². The van der Waals surface area contributed by atoms with Crippen molar-refractivity contribution >= 4 is 39.0 Å². The molecule has 2 aromatic rings. The van der Waals surface area contributed by atoms with E-state index in [0.29, 0.717) is 4.31 Å². The van der Waals surface area contributed by atoms with Crippen LogP contribution in [-0.2, 0) is 10.0 Å². The quantitative estimate of drug-likeness (QED) is 0.821. The zero-order chi connectivity index (χ0) is 14.3. The summed E-state index contributed by atoms with van der Waals surface area (Å²) >= 11 is 5.88. The predicted molar refractivity (Wildman–Crippen MR) is 74.4 cm³/mol. The van der Waals surface area contributed by atoms with Gasteiger partial charge in [0.05, 0.1) is 11.4 Å². The Morgan fingerprint density at radius 1 is 1.15 bits per heavy atom. The number of carbonyl (C=O) groups excluding carboxylic acids is 1. The highest BCUT2D eigenvalue weighted by Crippen LogP contribution is 2.35. The highest BCUT2D eigenvalue weighted by atomic mass is 35.5. The van der Waals surface area contributed by atoms with E-state index in [1.54, 1.807) is 12.1 Å². The lowest BCUT2D eigenvalue weighted by Gasteiger charge is -2.28. The zero-order valence-corrected chi connectivity index (χ0v) is 11.5. The molecular weight excluding hydrogens is 302 g/mol. The SMILES string of the molecule is O=C1Nc2ccccc2S(=O)(=O)N1c1cccnc1Cl. The van der Waals surface area contributed by atoms with Gasteiger partial charge in [-0.05, 0) is 24.3 Å². The van der Waals surface area contributed by atoms with Crippen LogP contribution >= 0.6 is 11.6 Å². The van der Waals surface area contributed by atoms with Gasteiger partial charge in [-0.1, -0.05) is 23.7 Å². The number of para-hydroxylation sites is 1. The van der Waals surface area contributed by atoms with Crippen molar-refractivity contribution in [2.24, 2.45) is 0 Å². The molecule has 0 spiro atoms. The minimum Gasteiger partial charge on any atom is -0.305 e. The maximum atomic E-state index is 12.5. The molecule has 2 amide bonds. The lowest BCUT2D eigenvalue weighted by atomic mass is 10.3. The molecule has 0 bridgehead atoms. The van der Waals surface area contributed by atoms with E-state index < -0.39 is 16.1 Å². The number of sulfonamides is 1. The molecule has 0 unspecified atom stereocenters. The van der Waals surface area contributed by atoms with Crippen LogP contribution in [0.25, 0.3) is 0 Å². The van der Waals surface area contributed by atoms with Gasteiger partial charge in [0.1, 0.15) is 4.90 Å². The van der Waals surface area contributed by atoms with Crippen LogP contribution in [0.1, 0.15) is 0 Å². The van der Waals surface area contributed by atoms with Gasteiger partial charge in [0.25, 0.3) is 10.0 Å². The molecule has 0 aliphatic carbocycles. The number of carbonyl (C=O) groups is 1. The first kappa shape index (κ1) is 12.9. The van der Waals surface area contributed by atoms with Crippen molar-refractivity contribution in [1.29, 1.82) is 0 Å². The Labute approximate surface area is 120 Å². The van der Waals surface area contributed by atoms with E-state index in [4.69, 9.17) is 11.6 Å². The van der Waals surface area contributed by atoms with Crippen LogP contribution in [0.3, 0.4) is 0 Å². The summed E-state index contributed by atoms with van der Waals surface area (Å²) in [4.78, 5) is 15.9. The van der Waals surface area contributed by atoms with Crippen LogP contribution < -0.4 is 9.62 Å². The molecule has 0 atom stereocenters. The molecule has 1 aliphatic heterocycles. The fourth-order valence-electron chi connectivity index (χ4n) is 1.94. The van der Waals surface area contributed by atoms with Crippen LogP contribution in [0.4, 0.5) is 16.2 Å². The summed E-state index contributed by atoms with van der Waals surface area (Å²) in [5.74, 6) is 0. The molecule has 1 aliphatic rings. The van der Waals surface area contributed by atoms with Crippen LogP contribution in [0.5, 0.6) is 0 Å². The van der Waals surface area contributed by atoms with Gasteiger partial charge < -0.3 is 5.32 Å². The average Bonchev–Trinajstić information content (AvgIpc) is 2.40. The van der Waals surface area contributed by atoms with Crippen LogP contribution in [0.2, 0.25) is 5.15 Å². The normalized spacial score (nSPS) is 16.4. The second-order valence-corrected chi connectivity index (χ2v) is 6.12. The number of benzene rings is 1. The Hall–Kier alpha value is -2.12. The van der Waals surface area contributed by atoms with Gasteiger partial charge in [-0.25, -0.2) is 18.2 Å². The smallest absolute Gasteiger partial charge is 0.305 e. The maximum Gasteiger partial charge on any atom is 0.340 e. The van der Waals surface area contributed by atoms with E-state index in [-0.39, 0.29) is 21.4 Å². The number of fused-ring (bicyclic) bond motifs is 1. The minimum absolute atomic E-state index is 0.0134. The number of hydrogen-bond acceptors (Lipinski definition) is 4. The van der Waals surface area contributed by atoms with Gasteiger partial charge in [-0.2, -0.15) is 4.31 Å². The second-order valence-electron chi connectivity index (χ2n) is 4.01. The number of rotatable bonds is 1. The maximum absolute atomic E-state index is 12.5. The fourth-order valence-corrected chi connectivity index (χ4v) is 3.70. The molecule has 1 aromatic carbocycles. The first-order chi connectivity index (χ1) is 9.51. The van der Waals surface area contributed by atoms with Gasteiger partial charge in [-0.15, -0.1) is 0 Å². The highest BCUT2D eigenvalue weighted by Gasteiger charge is 2.38. The third kappa shape index (κ3) is 1.83. The Bertz CT molecular complexity index is 807. The van der Waals surface area contributed by atoms with Crippen molar-refractivity contribution in [2.45, 2.75) is 4.90 Å². The molecule has 6 nitrogen and oxygen atoms in total. The third-order valence-electron chi connectivity index (χ3n) is 2.79. The van der Waals surface area contributed by atoms with Gasteiger partial charge >= 0.3 is 6.03 Å². The Morgan fingerprint density at radius 3 is 2.65 bits per heavy atom. The monoisotopic (exact) mass is 309 g/mol. The van der Waals surface area contributed by atoms with Crippen molar-refractivity contribution in [1.82, 2.24) is 4.98 Å². The predicted octanol–water partition coefficient (Wildman–Crippen LogP) is 2.48. The summed E-state index contributed by atoms with van der Waals surface area (Å²) in [5.41, 5.74) is 0.259. The summed E-state index contributed by atoms with van der Waals surface area (Å²) in [5, 5.41) is 2.45. The Balaban J connectivity index is 2.24. The lowest BCUT2D eigenvalue weighted by Crippen LogP contribution is -2.44. The first-order valence-corrected chi connectivity index (χ1v) is 7.39. The van der Waals surface area contributed by atoms with Gasteiger partial charge in [0.2, 0.25) is 0 Å². The molecule has 0 saturated heterocycles. The molecular formula is C12H8ClN3O3S. The third-order valence-corrected chi connectivity index (χ3v) is 4.84. The number of nitrogens with zero attached hydrogens (tertiary/aromatic N) is 2. The Morgan fingerprint density at radius 2 is 1.90 bits per heavy atom. The molecule has 2 heterocycles. The van der Waals surface area contributed by atoms with E-state index in [2.05, 4.69) is 10.3 Å². The molecule has 3 rings (SSSR count). The summed E-state index contributed by atoms with van der Waals surface area (Å²) in [6.07, 6.45) is 1.41. The molecule has 1 aromatic heterocycles. The van der Waals surface area contributed by atoms with Crippen molar-refractivity contribution in [2.75, 3.05) is 9.62 Å². The van der Waals surface area contributed by atoms with Crippen molar-refractivity contribution < 1.29 is 13.2 Å². The van der Waals surface area contributed by atoms with Gasteiger partial charge in [0.15, 0.2) is 5.15 Å². The summed E-state index contributed by atoms with van der Waals surface area (Å²) < 4.78 is 25.7. The van der Waals surface area contributed by atoms with E-state index >= 15 is 0 Å². The van der Waals surface area contributed by atoms with Gasteiger partial charge in [-0.3, -0.25) is 0 Å². The number of nitrogens with one attached hydrogen (secondary N) is 1. The average molecular weight is 310 g/mol. The largest absolute Gasteiger partial charge is 0.340 e. The lowest BCUT2D eigenvalue weighted by molar-refractivity contribution is 0.259. The number of urea groups is 1. The number of pyridine rings is 1. The standard InChI is InChI=1S/C12H8ClN3O3S/c13-11-9(5-3-7-14-11)16-12(17)15-8-4-1-2-6-10(8)20(16,18)19/h1-7H,(H,15,17). The number of amides is 2. The van der Waals surface area contributed by atoms with E-state index in [0.717, 1.165) is 0 Å². The molecule has 0 saturated carbocycles. The molecule has 0 radical (unpaired) electrons. The summed E-state index contributed by atoms with van der Waals surface area (Å²) in [6.45, 7) is 0. The fraction of sp³-hybridized carbons (Fsp3) is 0. The van der Waals surface area contributed by atoms with Crippen LogP contribution in [0, 0.1) is 0 Å². The van der Waals surface area contributed by atoms with Gasteiger partial charge in [0, 0.05) is 6.20 Å². The second kappa shape index (κ2) is 4.46. The molecule has 0 fully saturated rings. The van der Waals surface area contributed by atoms with E-state index in [1.165, 1.54) is 30.5 Å². The van der Waals surface area contributed by atoms with E-state index in [9.17, 15) is 13.2 Å². The van der Waals surface area contributed by atoms with E-state index in [1.807, 2.05) is 0 Å². The number of anilines is 2. The minimum atomic E-state index is -4.01. The first-order valence-electron chi connectivity index (χ1n) is 5.57.